The predicted octanol–water partition coefficient (Wildman–Crippen LogP) is 21.6. The highest BCUT2D eigenvalue weighted by Crippen LogP contribution is 2.59. The molecule has 664 valence electrons. The normalized spacial score (nSPS) is 24.8. The molecular weight excluding hydrogens is 1660 g/mol. The fraction of sp³-hybridized carbons (Fsp3) is 0.375. The standard InChI is InChI=1S/C29H28FNO2.C28H24FN3O.C28H27FN2O2.C27H23FN4O/c1-3-18-4-6-19(7-5-18)12-28(32)29(33-2)23-15-20-13-22(14-21(20)16-23)25-10-11-31-27-9-8-24(30)17-26(25)27;1-2-17-3-5-23(32-16-17)14-28(33)26(15-30)21-11-18-9-20(10-19(18)12-21)24-7-8-31-27-6-4-22(29)13-25(24)27;1-33-28(27(32)10-17-2-4-18(16-30)5-3-17)22-13-19-11-21(12-20(19)14-22)24-8-9-31-26-7-6-23(29)15-25(24)26;28-21-2-4-26-24(12-21)23(5-6-31-26)19-8-17-10-20(11-18(17)9-19)25(14-30)27(33)7-16-1-3-22(13-29)32-15-16/h1,4-11,17,20-23,29H,12-16H2,2H3;1,3-8,13,16,18-21,26H,9-12,14H2;2-9,15,19-22,28H,10-14H2,1H3;1-6,12,15,17-20,25H,7-11H2/t20-,21+,22?,23?,29?;18-,19+,20?,21?,26?;19-,20+,21?,22?,28?;17-,18+,19?,20?,25?. The van der Waals surface area contributed by atoms with Crippen LogP contribution in [-0.2, 0) is 54.3 Å². The lowest BCUT2D eigenvalue weighted by Crippen LogP contribution is -2.32. The molecule has 16 nitrogen and oxygen atoms in total. The maximum absolute atomic E-state index is 13.9. The lowest BCUT2D eigenvalue weighted by Gasteiger charge is -2.23. The topological polar surface area (TPSA) is 259 Å². The number of nitriles is 4. The van der Waals surface area contributed by atoms with Gasteiger partial charge in [0.05, 0.1) is 52.3 Å². The number of carbonyl (C=O) groups excluding carboxylic acids is 4. The van der Waals surface area contributed by atoms with E-state index in [0.29, 0.717) is 106 Å². The summed E-state index contributed by atoms with van der Waals surface area (Å²) in [6, 6.07) is 57.6. The van der Waals surface area contributed by atoms with Gasteiger partial charge >= 0.3 is 0 Å². The third-order valence-corrected chi connectivity index (χ3v) is 30.5. The Kier molecular flexibility index (Phi) is 27.8. The Labute approximate surface area is 767 Å². The third-order valence-electron chi connectivity index (χ3n) is 30.5. The van der Waals surface area contributed by atoms with Crippen LogP contribution in [0.1, 0.15) is 193 Å². The Morgan fingerprint density at radius 1 is 0.341 bits per heavy atom. The van der Waals surface area contributed by atoms with Gasteiger partial charge in [0.15, 0.2) is 23.1 Å². The molecule has 0 N–H and O–H groups in total. The minimum Gasteiger partial charge on any atom is -0.373 e. The fourth-order valence-electron chi connectivity index (χ4n) is 24.6. The highest BCUT2D eigenvalue weighted by molar-refractivity contribution is 5.89. The number of terminal acetylenes is 2. The first-order valence-electron chi connectivity index (χ1n) is 46.2. The van der Waals surface area contributed by atoms with Crippen molar-refractivity contribution in [1.82, 2.24) is 29.9 Å². The van der Waals surface area contributed by atoms with Crippen molar-refractivity contribution >= 4 is 66.7 Å². The predicted molar refractivity (Wildman–Crippen MR) is 495 cm³/mol. The van der Waals surface area contributed by atoms with Crippen LogP contribution >= 0.6 is 0 Å². The Balaban J connectivity index is 0.000000123. The number of fused-ring (bicyclic) bond motifs is 8. The average molecular weight is 1760 g/mol. The molecule has 12 unspecified atom stereocenters. The molecule has 0 bridgehead atoms. The Hall–Kier alpha value is -13.3. The van der Waals surface area contributed by atoms with Crippen molar-refractivity contribution in [1.29, 1.82) is 21.0 Å². The molecule has 8 saturated carbocycles. The molecule has 8 aliphatic carbocycles. The van der Waals surface area contributed by atoms with Crippen LogP contribution in [0.3, 0.4) is 0 Å². The van der Waals surface area contributed by atoms with Crippen molar-refractivity contribution in [2.24, 2.45) is 82.9 Å². The van der Waals surface area contributed by atoms with E-state index in [1.165, 1.54) is 41.0 Å². The average Bonchev–Trinajstić information content (AvgIpc) is 1.30. The SMILES string of the molecule is C#Cc1ccc(CC(=O)C(C#N)C2C[C@H]3CC(c4ccnc5ccc(F)cc45)C[C@H]3C2)nc1.C#Cc1ccc(CC(=O)C(OC)C2C[C@H]3CC(c4ccnc5ccc(F)cc45)C[C@H]3C2)cc1.COC(C(=O)Cc1ccc(C#N)cc1)C1C[C@H]2CC(c3ccnc4ccc(F)cc34)C[C@H]2C1.N#Cc1ccc(CC(=O)C(C#N)C2C[C@H]3CC(c4ccnc5ccc(F)cc45)C[C@H]3C2)cn1. The van der Waals surface area contributed by atoms with Crippen LogP contribution in [0.5, 0.6) is 0 Å². The number of ketones is 4. The first-order chi connectivity index (χ1) is 64.2. The summed E-state index contributed by atoms with van der Waals surface area (Å²) in [6.45, 7) is 0. The summed E-state index contributed by atoms with van der Waals surface area (Å²) in [4.78, 5) is 77.8. The summed E-state index contributed by atoms with van der Waals surface area (Å²) in [5.74, 6) is 9.57. The van der Waals surface area contributed by atoms with E-state index in [1.54, 1.807) is 124 Å². The summed E-state index contributed by atoms with van der Waals surface area (Å²) in [5.41, 5.74) is 13.7. The molecule has 8 aliphatic rings. The third kappa shape index (κ3) is 20.1. The van der Waals surface area contributed by atoms with Crippen LogP contribution in [-0.4, -0.2) is 79.5 Å². The highest BCUT2D eigenvalue weighted by Gasteiger charge is 2.51. The minimum atomic E-state index is -0.611. The maximum atomic E-state index is 13.9. The van der Waals surface area contributed by atoms with Crippen LogP contribution in [0.2, 0.25) is 0 Å². The largest absolute Gasteiger partial charge is 0.373 e. The number of hydrogen-bond donors (Lipinski definition) is 0. The van der Waals surface area contributed by atoms with Gasteiger partial charge in [0.2, 0.25) is 0 Å². The van der Waals surface area contributed by atoms with Crippen LogP contribution in [0.15, 0.2) is 207 Å². The van der Waals surface area contributed by atoms with Gasteiger partial charge in [-0.15, -0.1) is 12.8 Å². The smallest absolute Gasteiger partial charge is 0.166 e. The second-order valence-electron chi connectivity index (χ2n) is 38.0. The molecule has 0 aliphatic heterocycles. The zero-order valence-corrected chi connectivity index (χ0v) is 73.9. The Morgan fingerprint density at radius 3 is 0.955 bits per heavy atom. The summed E-state index contributed by atoms with van der Waals surface area (Å²) in [7, 11) is 3.29. The molecule has 0 amide bonds. The zero-order chi connectivity index (χ0) is 91.8. The van der Waals surface area contributed by atoms with E-state index >= 15 is 0 Å². The van der Waals surface area contributed by atoms with Crippen LogP contribution in [0.4, 0.5) is 17.6 Å². The van der Waals surface area contributed by atoms with Crippen LogP contribution in [0.25, 0.3) is 43.6 Å². The van der Waals surface area contributed by atoms with E-state index < -0.39 is 11.8 Å². The molecule has 8 fully saturated rings. The Morgan fingerprint density at radius 2 is 0.659 bits per heavy atom. The van der Waals surface area contributed by atoms with Gasteiger partial charge in [0, 0.05) is 109 Å². The molecule has 0 radical (unpaired) electrons. The van der Waals surface area contributed by atoms with Gasteiger partial charge in [-0.2, -0.15) is 21.0 Å². The summed E-state index contributed by atoms with van der Waals surface area (Å²) < 4.78 is 67.0. The van der Waals surface area contributed by atoms with Gasteiger partial charge < -0.3 is 9.47 Å². The summed E-state index contributed by atoms with van der Waals surface area (Å²) in [6.07, 6.45) is 37.3. The van der Waals surface area contributed by atoms with Crippen molar-refractivity contribution in [3.05, 3.63) is 297 Å². The molecule has 6 aromatic heterocycles. The molecule has 6 aromatic carbocycles. The summed E-state index contributed by atoms with van der Waals surface area (Å²) >= 11 is 0. The molecule has 20 rings (SSSR count). The maximum Gasteiger partial charge on any atom is 0.166 e. The number of methoxy groups -OCH3 is 2. The molecule has 0 saturated heterocycles. The molecule has 132 heavy (non-hydrogen) atoms. The lowest BCUT2D eigenvalue weighted by atomic mass is 9.83. The number of benzene rings is 6. The number of aromatic nitrogens is 6. The van der Waals surface area contributed by atoms with Gasteiger partial charge in [0.25, 0.3) is 0 Å². The molecule has 20 atom stereocenters. The number of Topliss-reactive ketones (excluding diaryl/α,β-unsaturated/α-hetero) is 4. The van der Waals surface area contributed by atoms with Crippen LogP contribution < -0.4 is 0 Å². The molecule has 20 heteroatoms. The first-order valence-corrected chi connectivity index (χ1v) is 46.2. The molecule has 0 spiro atoms. The fourth-order valence-corrected chi connectivity index (χ4v) is 24.6. The number of pyridine rings is 6. The number of halogens is 4. The van der Waals surface area contributed by atoms with Crippen LogP contribution in [0, 0.1) is 176 Å². The van der Waals surface area contributed by atoms with Crippen molar-refractivity contribution in [3.8, 4) is 49.0 Å². The van der Waals surface area contributed by atoms with Gasteiger partial charge in [-0.1, -0.05) is 42.2 Å². The molecular formula is C112H102F4N10O6. The van der Waals surface area contributed by atoms with E-state index in [2.05, 4.69) is 66.0 Å². The van der Waals surface area contributed by atoms with E-state index in [1.807, 2.05) is 73.1 Å². The van der Waals surface area contributed by atoms with E-state index in [4.69, 9.17) is 32.8 Å². The van der Waals surface area contributed by atoms with Gasteiger partial charge in [-0.05, 0) is 376 Å². The second kappa shape index (κ2) is 40.6. The van der Waals surface area contributed by atoms with E-state index in [0.717, 1.165) is 174 Å². The van der Waals surface area contributed by atoms with Crippen molar-refractivity contribution in [3.63, 3.8) is 0 Å². The highest BCUT2D eigenvalue weighted by atomic mass is 19.1. The number of nitrogens with zero attached hydrogens (tertiary/aromatic N) is 10. The Bertz CT molecular complexity index is 6140. The second-order valence-corrected chi connectivity index (χ2v) is 38.0. The lowest BCUT2D eigenvalue weighted by molar-refractivity contribution is -0.132. The zero-order valence-electron chi connectivity index (χ0n) is 73.9. The monoisotopic (exact) mass is 1760 g/mol. The quantitative estimate of drug-likeness (QED) is 0.0451. The number of hydrogen-bond acceptors (Lipinski definition) is 16. The van der Waals surface area contributed by atoms with Gasteiger partial charge in [-0.3, -0.25) is 44.1 Å². The number of ether oxygens (including phenoxy) is 2. The van der Waals surface area contributed by atoms with E-state index in [-0.39, 0.29) is 95.1 Å². The van der Waals surface area contributed by atoms with Crippen molar-refractivity contribution in [2.75, 3.05) is 14.2 Å². The van der Waals surface area contributed by atoms with Crippen molar-refractivity contribution < 1.29 is 46.2 Å². The summed E-state index contributed by atoms with van der Waals surface area (Å²) in [5, 5.41) is 41.0. The minimum absolute atomic E-state index is 0.0596. The van der Waals surface area contributed by atoms with Gasteiger partial charge in [0.1, 0.15) is 59.1 Å². The number of rotatable bonds is 22. The van der Waals surface area contributed by atoms with Crippen molar-refractivity contribution in [2.45, 2.75) is 164 Å². The molecule has 12 aromatic rings. The molecule has 6 heterocycles. The van der Waals surface area contributed by atoms with Gasteiger partial charge in [-0.25, -0.2) is 22.5 Å². The van der Waals surface area contributed by atoms with E-state index in [9.17, 15) is 47.3 Å². The first kappa shape index (κ1) is 90.6. The number of carbonyl (C=O) groups is 4.